The molecule has 3 heterocycles. The van der Waals surface area contributed by atoms with E-state index in [2.05, 4.69) is 193 Å². The summed E-state index contributed by atoms with van der Waals surface area (Å²) in [6, 6.07) is 75.1. The van der Waals surface area contributed by atoms with E-state index in [9.17, 15) is 0 Å². The zero-order valence-electron chi connectivity index (χ0n) is 31.0. The van der Waals surface area contributed by atoms with Crippen LogP contribution < -0.4 is 4.90 Å². The minimum absolute atomic E-state index is 0.615. The summed E-state index contributed by atoms with van der Waals surface area (Å²) in [5, 5.41) is 2.25. The predicted octanol–water partition coefficient (Wildman–Crippen LogP) is 13.5. The second kappa shape index (κ2) is 13.3. The maximum absolute atomic E-state index is 6.35. The third-order valence-electron chi connectivity index (χ3n) is 11.4. The van der Waals surface area contributed by atoms with Crippen LogP contribution in [0.2, 0.25) is 0 Å². The lowest BCUT2D eigenvalue weighted by Gasteiger charge is -2.46. The van der Waals surface area contributed by atoms with E-state index in [0.29, 0.717) is 5.95 Å². The molecule has 0 fully saturated rings. The van der Waals surface area contributed by atoms with Crippen molar-refractivity contribution in [2.75, 3.05) is 4.90 Å². The van der Waals surface area contributed by atoms with Crippen LogP contribution in [-0.2, 0) is 5.41 Å². The fourth-order valence-corrected chi connectivity index (χ4v) is 8.82. The van der Waals surface area contributed by atoms with E-state index in [0.717, 1.165) is 78.1 Å². The fraction of sp³-hybridized carbons (Fsp3) is 0.0189. The first-order valence-corrected chi connectivity index (χ1v) is 19.3. The molecule has 0 unspecified atom stereocenters. The second-order valence-corrected chi connectivity index (χ2v) is 14.5. The van der Waals surface area contributed by atoms with Crippen LogP contribution in [0.25, 0.3) is 55.6 Å². The Bertz CT molecular complexity index is 2980. The molecule has 0 atom stereocenters. The van der Waals surface area contributed by atoms with Crippen molar-refractivity contribution < 1.29 is 4.42 Å². The summed E-state index contributed by atoms with van der Waals surface area (Å²) in [5.74, 6) is 0.615. The summed E-state index contributed by atoms with van der Waals surface area (Å²) in [4.78, 5) is 12.9. The molecule has 1 aliphatic rings. The first-order valence-electron chi connectivity index (χ1n) is 19.3. The van der Waals surface area contributed by atoms with Crippen LogP contribution in [0.4, 0.5) is 17.3 Å². The van der Waals surface area contributed by atoms with Crippen molar-refractivity contribution in [2.45, 2.75) is 5.41 Å². The number of fused-ring (bicyclic) bond motifs is 5. The van der Waals surface area contributed by atoms with Crippen LogP contribution in [0.1, 0.15) is 22.3 Å². The van der Waals surface area contributed by atoms with Crippen LogP contribution in [0.15, 0.2) is 217 Å². The first kappa shape index (κ1) is 32.8. The number of aromatic nitrogens is 2. The quantitative estimate of drug-likeness (QED) is 0.171. The SMILES string of the molecule is c1ccc(-c2cc(-c3ccccc3)nc(N3c4ccccc4C(c4ccccc4)(c4cccc(-c5ccc6c(c5)oc5ccccc56)c4)c4ccccc43)n2)cc1. The smallest absolute Gasteiger partial charge is 0.235 e. The largest absolute Gasteiger partial charge is 0.456 e. The Kier molecular flexibility index (Phi) is 7.68. The maximum atomic E-state index is 6.35. The monoisotopic (exact) mass is 729 g/mol. The molecule has 0 saturated carbocycles. The topological polar surface area (TPSA) is 42.2 Å². The predicted molar refractivity (Wildman–Crippen MR) is 232 cm³/mol. The fourth-order valence-electron chi connectivity index (χ4n) is 8.82. The average Bonchev–Trinajstić information content (AvgIpc) is 3.67. The van der Waals surface area contributed by atoms with Gasteiger partial charge in [-0.1, -0.05) is 170 Å². The van der Waals surface area contributed by atoms with Gasteiger partial charge in [0.25, 0.3) is 0 Å². The molecule has 0 bridgehead atoms. The number of anilines is 3. The Labute approximate surface area is 331 Å². The molecule has 8 aromatic carbocycles. The number of hydrogen-bond donors (Lipinski definition) is 0. The van der Waals surface area contributed by atoms with E-state index in [1.54, 1.807) is 0 Å². The zero-order chi connectivity index (χ0) is 37.8. The van der Waals surface area contributed by atoms with Gasteiger partial charge in [0.2, 0.25) is 5.95 Å². The molecule has 268 valence electrons. The van der Waals surface area contributed by atoms with Crippen molar-refractivity contribution in [1.29, 1.82) is 0 Å². The number of rotatable bonds is 6. The minimum Gasteiger partial charge on any atom is -0.456 e. The van der Waals surface area contributed by atoms with Gasteiger partial charge in [-0.05, 0) is 75.8 Å². The Hall–Kier alpha value is -7.56. The highest BCUT2D eigenvalue weighted by molar-refractivity contribution is 6.06. The van der Waals surface area contributed by atoms with E-state index in [4.69, 9.17) is 14.4 Å². The molecule has 0 aliphatic carbocycles. The third kappa shape index (κ3) is 5.30. The summed E-state index contributed by atoms with van der Waals surface area (Å²) >= 11 is 0. The van der Waals surface area contributed by atoms with Gasteiger partial charge in [-0.15, -0.1) is 0 Å². The van der Waals surface area contributed by atoms with Gasteiger partial charge in [0.1, 0.15) is 11.2 Å². The van der Waals surface area contributed by atoms with E-state index in [1.807, 2.05) is 24.3 Å². The molecule has 1 aliphatic heterocycles. The third-order valence-corrected chi connectivity index (χ3v) is 11.4. The molecule has 11 rings (SSSR count). The highest BCUT2D eigenvalue weighted by Crippen LogP contribution is 2.57. The highest BCUT2D eigenvalue weighted by Gasteiger charge is 2.47. The Morgan fingerprint density at radius 3 is 1.54 bits per heavy atom. The molecule has 0 N–H and O–H groups in total. The molecular weight excluding hydrogens is 695 g/mol. The number of furan rings is 1. The second-order valence-electron chi connectivity index (χ2n) is 14.5. The summed E-state index contributed by atoms with van der Waals surface area (Å²) in [6.45, 7) is 0. The zero-order valence-corrected chi connectivity index (χ0v) is 31.0. The number of hydrogen-bond acceptors (Lipinski definition) is 4. The minimum atomic E-state index is -0.677. The number of nitrogens with zero attached hydrogens (tertiary/aromatic N) is 3. The van der Waals surface area contributed by atoms with Crippen molar-refractivity contribution in [3.05, 3.63) is 235 Å². The molecular formula is C53H35N3O. The maximum Gasteiger partial charge on any atom is 0.235 e. The molecule has 0 amide bonds. The molecule has 0 saturated heterocycles. The number of para-hydroxylation sites is 3. The van der Waals surface area contributed by atoms with Crippen LogP contribution in [0, 0.1) is 0 Å². The molecule has 4 nitrogen and oxygen atoms in total. The summed E-state index contributed by atoms with van der Waals surface area (Å²) in [6.07, 6.45) is 0. The van der Waals surface area contributed by atoms with Crippen molar-refractivity contribution in [1.82, 2.24) is 9.97 Å². The molecule has 4 heteroatoms. The van der Waals surface area contributed by atoms with Crippen LogP contribution in [-0.4, -0.2) is 9.97 Å². The summed E-state index contributed by atoms with van der Waals surface area (Å²) < 4.78 is 6.35. The van der Waals surface area contributed by atoms with Gasteiger partial charge in [0.05, 0.1) is 28.2 Å². The van der Waals surface area contributed by atoms with Gasteiger partial charge < -0.3 is 4.42 Å². The molecule has 57 heavy (non-hydrogen) atoms. The molecule has 0 radical (unpaired) electrons. The van der Waals surface area contributed by atoms with Gasteiger partial charge >= 0.3 is 0 Å². The van der Waals surface area contributed by atoms with Crippen molar-refractivity contribution in [3.63, 3.8) is 0 Å². The Balaban J connectivity index is 1.15. The van der Waals surface area contributed by atoms with Crippen molar-refractivity contribution in [2.24, 2.45) is 0 Å². The highest BCUT2D eigenvalue weighted by atomic mass is 16.3. The lowest BCUT2D eigenvalue weighted by Crippen LogP contribution is -2.38. The summed E-state index contributed by atoms with van der Waals surface area (Å²) in [5.41, 5.74) is 13.8. The van der Waals surface area contributed by atoms with E-state index in [1.165, 1.54) is 11.1 Å². The lowest BCUT2D eigenvalue weighted by atomic mass is 9.62. The Morgan fingerprint density at radius 1 is 0.368 bits per heavy atom. The first-order chi connectivity index (χ1) is 28.3. The molecule has 2 aromatic heterocycles. The van der Waals surface area contributed by atoms with Crippen molar-refractivity contribution in [3.8, 4) is 33.6 Å². The van der Waals surface area contributed by atoms with Gasteiger partial charge in [-0.3, -0.25) is 4.90 Å². The normalized spacial score (nSPS) is 13.0. The van der Waals surface area contributed by atoms with Gasteiger partial charge in [-0.2, -0.15) is 0 Å². The molecule has 10 aromatic rings. The van der Waals surface area contributed by atoms with Crippen LogP contribution in [0.3, 0.4) is 0 Å². The van der Waals surface area contributed by atoms with Crippen molar-refractivity contribution >= 4 is 39.3 Å². The lowest BCUT2D eigenvalue weighted by molar-refractivity contribution is 0.669. The van der Waals surface area contributed by atoms with E-state index >= 15 is 0 Å². The number of benzene rings is 8. The average molecular weight is 730 g/mol. The standard InChI is InChI=1S/C53H35N3O/c1-4-17-36(18-5-1)46-35-47(37-19-6-2-7-20-37)55-52(54-46)56-48-28-13-11-26-44(48)53(40-22-8-3-9-23-40,45-27-12-14-29-49(45)56)41-24-16-21-38(33-41)39-31-32-43-42-25-10-15-30-50(42)57-51(43)34-39/h1-35H. The van der Waals surface area contributed by atoms with Gasteiger partial charge in [0, 0.05) is 21.9 Å². The van der Waals surface area contributed by atoms with Gasteiger partial charge in [0.15, 0.2) is 0 Å². The van der Waals surface area contributed by atoms with Gasteiger partial charge in [-0.25, -0.2) is 9.97 Å². The van der Waals surface area contributed by atoms with E-state index in [-0.39, 0.29) is 0 Å². The Morgan fingerprint density at radius 2 is 0.877 bits per heavy atom. The molecule has 0 spiro atoms. The van der Waals surface area contributed by atoms with E-state index < -0.39 is 5.41 Å². The van der Waals surface area contributed by atoms with Crippen LogP contribution >= 0.6 is 0 Å². The van der Waals surface area contributed by atoms with Crippen LogP contribution in [0.5, 0.6) is 0 Å². The summed E-state index contributed by atoms with van der Waals surface area (Å²) in [7, 11) is 0.